The minimum absolute atomic E-state index is 0.0743. The Kier molecular flexibility index (Phi) is 5.82. The van der Waals surface area contributed by atoms with Crippen molar-refractivity contribution in [2.75, 3.05) is 40.0 Å². The third kappa shape index (κ3) is 4.47. The summed E-state index contributed by atoms with van der Waals surface area (Å²) in [5.74, 6) is 0.282. The SMILES string of the molecule is COC(=O)COc1ccc(Br)c(CN2CCOCC2)c1. The van der Waals surface area contributed by atoms with Crippen molar-refractivity contribution in [3.63, 3.8) is 0 Å². The number of hydrogen-bond acceptors (Lipinski definition) is 5. The maximum atomic E-state index is 11.1. The van der Waals surface area contributed by atoms with Gasteiger partial charge in [-0.3, -0.25) is 4.90 Å². The highest BCUT2D eigenvalue weighted by Crippen LogP contribution is 2.24. The normalized spacial score (nSPS) is 15.9. The number of morpholine rings is 1. The Morgan fingerprint density at radius 2 is 2.15 bits per heavy atom. The summed E-state index contributed by atoms with van der Waals surface area (Å²) in [5.41, 5.74) is 1.13. The van der Waals surface area contributed by atoms with Crippen LogP contribution in [0, 0.1) is 0 Å². The minimum Gasteiger partial charge on any atom is -0.482 e. The number of carbonyl (C=O) groups is 1. The Labute approximate surface area is 126 Å². The van der Waals surface area contributed by atoms with Gasteiger partial charge in [-0.2, -0.15) is 0 Å². The van der Waals surface area contributed by atoms with Gasteiger partial charge in [-0.15, -0.1) is 0 Å². The lowest BCUT2D eigenvalue weighted by atomic mass is 10.2. The molecule has 6 heteroatoms. The van der Waals surface area contributed by atoms with Crippen molar-refractivity contribution in [3.05, 3.63) is 28.2 Å². The van der Waals surface area contributed by atoms with Crippen LogP contribution in [0.4, 0.5) is 0 Å². The topological polar surface area (TPSA) is 48.0 Å². The van der Waals surface area contributed by atoms with Gasteiger partial charge in [0.2, 0.25) is 0 Å². The number of rotatable bonds is 5. The molecule has 1 aliphatic heterocycles. The molecule has 0 bridgehead atoms. The molecule has 5 nitrogen and oxygen atoms in total. The van der Waals surface area contributed by atoms with Gasteiger partial charge < -0.3 is 14.2 Å². The number of hydrogen-bond donors (Lipinski definition) is 0. The molecule has 0 N–H and O–H groups in total. The molecule has 1 saturated heterocycles. The number of esters is 1. The lowest BCUT2D eigenvalue weighted by Gasteiger charge is -2.27. The molecule has 0 unspecified atom stereocenters. The molecule has 0 radical (unpaired) electrons. The Hall–Kier alpha value is -1.11. The van der Waals surface area contributed by atoms with E-state index in [0.717, 1.165) is 42.9 Å². The van der Waals surface area contributed by atoms with Crippen molar-refractivity contribution in [1.29, 1.82) is 0 Å². The molecule has 2 rings (SSSR count). The Bertz CT molecular complexity index is 460. The summed E-state index contributed by atoms with van der Waals surface area (Å²) in [4.78, 5) is 13.4. The highest BCUT2D eigenvalue weighted by atomic mass is 79.9. The summed E-state index contributed by atoms with van der Waals surface area (Å²) >= 11 is 3.55. The van der Waals surface area contributed by atoms with Crippen molar-refractivity contribution in [1.82, 2.24) is 4.90 Å². The molecule has 0 amide bonds. The molecule has 1 aliphatic rings. The van der Waals surface area contributed by atoms with Crippen molar-refractivity contribution < 1.29 is 19.0 Å². The van der Waals surface area contributed by atoms with Crippen LogP contribution in [-0.2, 0) is 20.8 Å². The van der Waals surface area contributed by atoms with Crippen LogP contribution in [-0.4, -0.2) is 50.9 Å². The highest BCUT2D eigenvalue weighted by molar-refractivity contribution is 9.10. The molecule has 0 aromatic heterocycles. The fourth-order valence-electron chi connectivity index (χ4n) is 1.96. The molecule has 0 aliphatic carbocycles. The smallest absolute Gasteiger partial charge is 0.343 e. The first-order chi connectivity index (χ1) is 9.69. The summed E-state index contributed by atoms with van der Waals surface area (Å²) in [6, 6.07) is 5.71. The fourth-order valence-corrected chi connectivity index (χ4v) is 2.34. The van der Waals surface area contributed by atoms with Crippen LogP contribution in [0.3, 0.4) is 0 Å². The van der Waals surface area contributed by atoms with E-state index in [0.29, 0.717) is 5.75 Å². The second-order valence-corrected chi connectivity index (χ2v) is 5.36. The van der Waals surface area contributed by atoms with Crippen molar-refractivity contribution >= 4 is 21.9 Å². The van der Waals surface area contributed by atoms with Crippen molar-refractivity contribution in [2.24, 2.45) is 0 Å². The standard InChI is InChI=1S/C14H18BrNO4/c1-18-14(17)10-20-12-2-3-13(15)11(8-12)9-16-4-6-19-7-5-16/h2-3,8H,4-7,9-10H2,1H3. The first kappa shape index (κ1) is 15.3. The number of nitrogens with zero attached hydrogens (tertiary/aromatic N) is 1. The second-order valence-electron chi connectivity index (χ2n) is 4.51. The summed E-state index contributed by atoms with van der Waals surface area (Å²) in [5, 5.41) is 0. The predicted molar refractivity (Wildman–Crippen MR) is 77.7 cm³/mol. The van der Waals surface area contributed by atoms with Gasteiger partial charge in [-0.05, 0) is 23.8 Å². The molecule has 0 saturated carbocycles. The monoisotopic (exact) mass is 343 g/mol. The van der Waals surface area contributed by atoms with Gasteiger partial charge in [0.25, 0.3) is 0 Å². The molecule has 1 aromatic carbocycles. The van der Waals surface area contributed by atoms with Crippen LogP contribution in [0.2, 0.25) is 0 Å². The zero-order valence-electron chi connectivity index (χ0n) is 11.4. The van der Waals surface area contributed by atoms with Crippen LogP contribution < -0.4 is 4.74 Å². The third-order valence-corrected chi connectivity index (χ3v) is 3.87. The average molecular weight is 344 g/mol. The summed E-state index contributed by atoms with van der Waals surface area (Å²) in [7, 11) is 1.34. The van der Waals surface area contributed by atoms with E-state index in [4.69, 9.17) is 9.47 Å². The van der Waals surface area contributed by atoms with E-state index in [1.165, 1.54) is 7.11 Å². The number of ether oxygens (including phenoxy) is 3. The maximum Gasteiger partial charge on any atom is 0.343 e. The first-order valence-corrected chi connectivity index (χ1v) is 7.26. The molecule has 0 spiro atoms. The number of benzene rings is 1. The van der Waals surface area contributed by atoms with Gasteiger partial charge in [0.1, 0.15) is 5.75 Å². The lowest BCUT2D eigenvalue weighted by molar-refractivity contribution is -0.142. The zero-order chi connectivity index (χ0) is 14.4. The van der Waals surface area contributed by atoms with Gasteiger partial charge >= 0.3 is 5.97 Å². The van der Waals surface area contributed by atoms with E-state index >= 15 is 0 Å². The summed E-state index contributed by atoms with van der Waals surface area (Å²) in [6.07, 6.45) is 0. The lowest BCUT2D eigenvalue weighted by Crippen LogP contribution is -2.35. The Morgan fingerprint density at radius 3 is 2.85 bits per heavy atom. The maximum absolute atomic E-state index is 11.1. The van der Waals surface area contributed by atoms with Gasteiger partial charge in [0.05, 0.1) is 20.3 Å². The van der Waals surface area contributed by atoms with E-state index in [1.54, 1.807) is 0 Å². The van der Waals surface area contributed by atoms with E-state index in [-0.39, 0.29) is 12.6 Å². The number of halogens is 1. The number of methoxy groups -OCH3 is 1. The molecule has 110 valence electrons. The summed E-state index contributed by atoms with van der Waals surface area (Å²) in [6.45, 7) is 4.17. The van der Waals surface area contributed by atoms with Crippen LogP contribution in [0.25, 0.3) is 0 Å². The largest absolute Gasteiger partial charge is 0.482 e. The minimum atomic E-state index is -0.386. The van der Waals surface area contributed by atoms with Crippen molar-refractivity contribution in [2.45, 2.75) is 6.54 Å². The molecule has 20 heavy (non-hydrogen) atoms. The quantitative estimate of drug-likeness (QED) is 0.763. The predicted octanol–water partition coefficient (Wildman–Crippen LogP) is 1.83. The van der Waals surface area contributed by atoms with E-state index in [9.17, 15) is 4.79 Å². The first-order valence-electron chi connectivity index (χ1n) is 6.47. The van der Waals surface area contributed by atoms with E-state index in [2.05, 4.69) is 25.6 Å². The molecular weight excluding hydrogens is 326 g/mol. The highest BCUT2D eigenvalue weighted by Gasteiger charge is 2.13. The third-order valence-electron chi connectivity index (χ3n) is 3.10. The molecule has 1 aromatic rings. The molecule has 1 heterocycles. The van der Waals surface area contributed by atoms with Gasteiger partial charge in [0, 0.05) is 24.1 Å². The average Bonchev–Trinajstić information content (AvgIpc) is 2.48. The Morgan fingerprint density at radius 1 is 1.40 bits per heavy atom. The molecule has 1 fully saturated rings. The van der Waals surface area contributed by atoms with Crippen molar-refractivity contribution in [3.8, 4) is 5.75 Å². The van der Waals surface area contributed by atoms with E-state index < -0.39 is 0 Å². The zero-order valence-corrected chi connectivity index (χ0v) is 13.0. The molecule has 0 atom stereocenters. The molecular formula is C14H18BrNO4. The van der Waals surface area contributed by atoms with Gasteiger partial charge in [0.15, 0.2) is 6.61 Å². The number of carbonyl (C=O) groups excluding carboxylic acids is 1. The van der Waals surface area contributed by atoms with Crippen LogP contribution >= 0.6 is 15.9 Å². The summed E-state index contributed by atoms with van der Waals surface area (Å²) < 4.78 is 16.3. The van der Waals surface area contributed by atoms with Gasteiger partial charge in [-0.25, -0.2) is 4.79 Å². The fraction of sp³-hybridized carbons (Fsp3) is 0.500. The second kappa shape index (κ2) is 7.61. The van der Waals surface area contributed by atoms with Crippen LogP contribution in [0.5, 0.6) is 5.75 Å². The Balaban J connectivity index is 1.98. The van der Waals surface area contributed by atoms with Gasteiger partial charge in [-0.1, -0.05) is 15.9 Å². The van der Waals surface area contributed by atoms with E-state index in [1.807, 2.05) is 18.2 Å². The van der Waals surface area contributed by atoms with Crippen LogP contribution in [0.15, 0.2) is 22.7 Å². The van der Waals surface area contributed by atoms with Crippen LogP contribution in [0.1, 0.15) is 5.56 Å².